The van der Waals surface area contributed by atoms with Crippen LogP contribution < -0.4 is 0 Å². The smallest absolute Gasteiger partial charge is 0.306 e. The van der Waals surface area contributed by atoms with Gasteiger partial charge in [0.25, 0.3) is 0 Å². The van der Waals surface area contributed by atoms with Crippen molar-refractivity contribution < 1.29 is 19.4 Å². The van der Waals surface area contributed by atoms with Crippen molar-refractivity contribution in [3.8, 4) is 0 Å². The normalized spacial score (nSPS) is 26.5. The second kappa shape index (κ2) is 4.18. The summed E-state index contributed by atoms with van der Waals surface area (Å²) in [4.78, 5) is 22.0. The maximum absolute atomic E-state index is 11.1. The number of hydrogen-bond acceptors (Lipinski definition) is 4. The highest BCUT2D eigenvalue weighted by Gasteiger charge is 2.30. The van der Waals surface area contributed by atoms with Crippen molar-refractivity contribution in [3.05, 3.63) is 12.2 Å². The van der Waals surface area contributed by atoms with E-state index in [-0.39, 0.29) is 12.2 Å². The second-order valence-electron chi connectivity index (χ2n) is 2.87. The van der Waals surface area contributed by atoms with Gasteiger partial charge in [-0.1, -0.05) is 6.08 Å². The number of aliphatic hydroxyl groups is 1. The van der Waals surface area contributed by atoms with Crippen LogP contribution in [0.25, 0.3) is 0 Å². The minimum atomic E-state index is -0.836. The Morgan fingerprint density at radius 3 is 2.85 bits per heavy atom. The standard InChI is InChI=1S/C9H12O4/c1-2-13-9(12)5-6-7(10)3-4-8(6)11/h3-4,6-7,10H,2,5H2,1H3/t6-,7+/m0/s1. The molecule has 0 unspecified atom stereocenters. The molecule has 0 spiro atoms. The summed E-state index contributed by atoms with van der Waals surface area (Å²) in [6.07, 6.45) is 1.82. The van der Waals surface area contributed by atoms with Crippen LogP contribution in [0.1, 0.15) is 13.3 Å². The van der Waals surface area contributed by atoms with Crippen LogP contribution in [-0.2, 0) is 14.3 Å². The molecule has 0 fully saturated rings. The van der Waals surface area contributed by atoms with Gasteiger partial charge in [-0.3, -0.25) is 9.59 Å². The Bertz CT molecular complexity index is 244. The molecule has 0 bridgehead atoms. The van der Waals surface area contributed by atoms with Gasteiger partial charge in [-0.05, 0) is 13.0 Å². The van der Waals surface area contributed by atoms with E-state index < -0.39 is 18.0 Å². The molecule has 0 saturated heterocycles. The van der Waals surface area contributed by atoms with Crippen molar-refractivity contribution in [1.29, 1.82) is 0 Å². The molecule has 72 valence electrons. The number of carbonyl (C=O) groups is 2. The number of ketones is 1. The molecular weight excluding hydrogens is 172 g/mol. The Morgan fingerprint density at radius 1 is 1.69 bits per heavy atom. The van der Waals surface area contributed by atoms with Crippen LogP contribution in [0.2, 0.25) is 0 Å². The van der Waals surface area contributed by atoms with Crippen molar-refractivity contribution in [1.82, 2.24) is 0 Å². The molecule has 0 heterocycles. The van der Waals surface area contributed by atoms with Crippen LogP contribution in [0.5, 0.6) is 0 Å². The molecule has 0 radical (unpaired) electrons. The highest BCUT2D eigenvalue weighted by atomic mass is 16.5. The Balaban J connectivity index is 2.45. The lowest BCUT2D eigenvalue weighted by Crippen LogP contribution is -2.24. The molecule has 4 nitrogen and oxygen atoms in total. The summed E-state index contributed by atoms with van der Waals surface area (Å²) in [6.45, 7) is 1.99. The fourth-order valence-corrected chi connectivity index (χ4v) is 1.24. The summed E-state index contributed by atoms with van der Waals surface area (Å²) in [5.74, 6) is -1.29. The number of allylic oxidation sites excluding steroid dienone is 1. The predicted molar refractivity (Wildman–Crippen MR) is 44.9 cm³/mol. The minimum absolute atomic E-state index is 0.0408. The number of hydrogen-bond donors (Lipinski definition) is 1. The van der Waals surface area contributed by atoms with Gasteiger partial charge in [0.2, 0.25) is 0 Å². The van der Waals surface area contributed by atoms with Gasteiger partial charge in [0.15, 0.2) is 5.78 Å². The molecule has 0 aromatic carbocycles. The zero-order valence-corrected chi connectivity index (χ0v) is 7.40. The van der Waals surface area contributed by atoms with Gasteiger partial charge >= 0.3 is 5.97 Å². The van der Waals surface area contributed by atoms with E-state index in [2.05, 4.69) is 4.74 Å². The van der Waals surface area contributed by atoms with Crippen LogP contribution in [0.4, 0.5) is 0 Å². The third-order valence-electron chi connectivity index (χ3n) is 1.93. The van der Waals surface area contributed by atoms with Gasteiger partial charge in [-0.15, -0.1) is 0 Å². The molecule has 0 saturated carbocycles. The first-order valence-corrected chi connectivity index (χ1v) is 4.21. The first-order valence-electron chi connectivity index (χ1n) is 4.21. The summed E-state index contributed by atoms with van der Waals surface area (Å²) >= 11 is 0. The van der Waals surface area contributed by atoms with E-state index in [4.69, 9.17) is 0 Å². The van der Waals surface area contributed by atoms with Gasteiger partial charge in [0.05, 0.1) is 25.0 Å². The quantitative estimate of drug-likeness (QED) is 0.630. The van der Waals surface area contributed by atoms with E-state index in [1.165, 1.54) is 12.2 Å². The predicted octanol–water partition coefficient (Wildman–Crippen LogP) is 0.0556. The largest absolute Gasteiger partial charge is 0.466 e. The molecule has 1 rings (SSSR count). The number of esters is 1. The van der Waals surface area contributed by atoms with Crippen LogP contribution >= 0.6 is 0 Å². The fraction of sp³-hybridized carbons (Fsp3) is 0.556. The van der Waals surface area contributed by atoms with Crippen LogP contribution in [0.15, 0.2) is 12.2 Å². The van der Waals surface area contributed by atoms with E-state index in [0.29, 0.717) is 6.61 Å². The Kier molecular flexibility index (Phi) is 3.19. The minimum Gasteiger partial charge on any atom is -0.466 e. The average Bonchev–Trinajstić information content (AvgIpc) is 2.36. The van der Waals surface area contributed by atoms with Gasteiger partial charge < -0.3 is 9.84 Å². The molecule has 13 heavy (non-hydrogen) atoms. The number of rotatable bonds is 3. The third kappa shape index (κ3) is 2.39. The average molecular weight is 184 g/mol. The maximum Gasteiger partial charge on any atom is 0.306 e. The number of carbonyl (C=O) groups excluding carboxylic acids is 2. The topological polar surface area (TPSA) is 63.6 Å². The lowest BCUT2D eigenvalue weighted by atomic mass is 10.00. The molecule has 0 aliphatic heterocycles. The second-order valence-corrected chi connectivity index (χ2v) is 2.87. The zero-order valence-electron chi connectivity index (χ0n) is 7.40. The fourth-order valence-electron chi connectivity index (χ4n) is 1.24. The first-order chi connectivity index (χ1) is 6.15. The summed E-state index contributed by atoms with van der Waals surface area (Å²) in [6, 6.07) is 0. The van der Waals surface area contributed by atoms with Crippen molar-refractivity contribution in [2.45, 2.75) is 19.4 Å². The maximum atomic E-state index is 11.1. The molecule has 1 aliphatic rings. The highest BCUT2D eigenvalue weighted by molar-refractivity contribution is 5.97. The van der Waals surface area contributed by atoms with Gasteiger partial charge in [0, 0.05) is 0 Å². The van der Waals surface area contributed by atoms with Crippen molar-refractivity contribution in [2.75, 3.05) is 6.61 Å². The number of aliphatic hydroxyl groups excluding tert-OH is 1. The molecule has 1 N–H and O–H groups in total. The summed E-state index contributed by atoms with van der Waals surface area (Å²) < 4.78 is 4.67. The van der Waals surface area contributed by atoms with E-state index in [9.17, 15) is 14.7 Å². The van der Waals surface area contributed by atoms with Crippen molar-refractivity contribution in [2.24, 2.45) is 5.92 Å². The summed E-state index contributed by atoms with van der Waals surface area (Å²) in [5, 5.41) is 9.26. The molecule has 2 atom stereocenters. The molecule has 0 aromatic heterocycles. The lowest BCUT2D eigenvalue weighted by molar-refractivity contribution is -0.146. The van der Waals surface area contributed by atoms with Crippen molar-refractivity contribution >= 4 is 11.8 Å². The van der Waals surface area contributed by atoms with Gasteiger partial charge in [-0.2, -0.15) is 0 Å². The third-order valence-corrected chi connectivity index (χ3v) is 1.93. The highest BCUT2D eigenvalue weighted by Crippen LogP contribution is 2.19. The Morgan fingerprint density at radius 2 is 2.38 bits per heavy atom. The molecular formula is C9H12O4. The molecule has 0 aromatic rings. The van der Waals surface area contributed by atoms with Crippen LogP contribution in [0.3, 0.4) is 0 Å². The van der Waals surface area contributed by atoms with Crippen LogP contribution in [-0.4, -0.2) is 29.6 Å². The van der Waals surface area contributed by atoms with Crippen molar-refractivity contribution in [3.63, 3.8) is 0 Å². The van der Waals surface area contributed by atoms with E-state index in [0.717, 1.165) is 0 Å². The SMILES string of the molecule is CCOC(=O)C[C@@H]1C(=O)C=C[C@H]1O. The van der Waals surface area contributed by atoms with Gasteiger partial charge in [0.1, 0.15) is 0 Å². The summed E-state index contributed by atoms with van der Waals surface area (Å²) in [7, 11) is 0. The lowest BCUT2D eigenvalue weighted by Gasteiger charge is -2.11. The Labute approximate surface area is 76.2 Å². The van der Waals surface area contributed by atoms with E-state index >= 15 is 0 Å². The van der Waals surface area contributed by atoms with Gasteiger partial charge in [-0.25, -0.2) is 0 Å². The zero-order chi connectivity index (χ0) is 9.84. The molecule has 4 heteroatoms. The monoisotopic (exact) mass is 184 g/mol. The number of ether oxygens (including phenoxy) is 1. The van der Waals surface area contributed by atoms with Crippen LogP contribution in [0, 0.1) is 5.92 Å². The van der Waals surface area contributed by atoms with E-state index in [1.54, 1.807) is 6.92 Å². The summed E-state index contributed by atoms with van der Waals surface area (Å²) in [5.41, 5.74) is 0. The molecule has 0 amide bonds. The first kappa shape index (κ1) is 9.92. The van der Waals surface area contributed by atoms with E-state index in [1.807, 2.05) is 0 Å². The molecule has 1 aliphatic carbocycles. The Hall–Kier alpha value is -1.16.